The number of aryl methyl sites for hydroxylation is 1. The van der Waals surface area contributed by atoms with E-state index in [1.54, 1.807) is 0 Å². The van der Waals surface area contributed by atoms with Crippen molar-refractivity contribution in [2.45, 2.75) is 59.9 Å². The predicted molar refractivity (Wildman–Crippen MR) is 77.8 cm³/mol. The molecule has 0 heterocycles. The van der Waals surface area contributed by atoms with Crippen LogP contribution >= 0.6 is 0 Å². The van der Waals surface area contributed by atoms with Crippen LogP contribution in [-0.4, -0.2) is 5.11 Å². The van der Waals surface area contributed by atoms with Gasteiger partial charge in [0.05, 0.1) is 0 Å². The van der Waals surface area contributed by atoms with Crippen LogP contribution in [0, 0.1) is 12.3 Å². The number of phenolic OH excluding ortho intramolecular Hbond substituents is 1. The van der Waals surface area contributed by atoms with Crippen molar-refractivity contribution in [1.29, 1.82) is 0 Å². The number of benzene rings is 1. The van der Waals surface area contributed by atoms with Crippen LogP contribution in [0.15, 0.2) is 12.1 Å². The third-order valence-electron chi connectivity index (χ3n) is 3.30. The Morgan fingerprint density at radius 1 is 1.11 bits per heavy atom. The zero-order valence-corrected chi connectivity index (χ0v) is 12.6. The van der Waals surface area contributed by atoms with Gasteiger partial charge >= 0.3 is 0 Å². The Labute approximate surface area is 111 Å². The first-order valence-electron chi connectivity index (χ1n) is 6.60. The third kappa shape index (κ3) is 3.49. The average molecular weight is 249 g/mol. The lowest BCUT2D eigenvalue weighted by molar-refractivity contribution is 0.278. The number of aromatic hydroxyl groups is 1. The first-order chi connectivity index (χ1) is 8.07. The summed E-state index contributed by atoms with van der Waals surface area (Å²) in [5, 5.41) is 10.3. The highest BCUT2D eigenvalue weighted by molar-refractivity contribution is 5.46. The first-order valence-corrected chi connectivity index (χ1v) is 6.60. The molecule has 1 aromatic carbocycles. The summed E-state index contributed by atoms with van der Waals surface area (Å²) in [4.78, 5) is 0. The van der Waals surface area contributed by atoms with E-state index in [-0.39, 0.29) is 10.8 Å². The highest BCUT2D eigenvalue weighted by Gasteiger charge is 2.30. The molecule has 2 nitrogen and oxygen atoms in total. The molecule has 0 bridgehead atoms. The second-order valence-electron chi connectivity index (χ2n) is 7.13. The Kier molecular flexibility index (Phi) is 4.12. The van der Waals surface area contributed by atoms with Crippen molar-refractivity contribution in [3.05, 3.63) is 28.8 Å². The Bertz CT molecular complexity index is 427. The second-order valence-corrected chi connectivity index (χ2v) is 7.13. The minimum absolute atomic E-state index is 0.0573. The van der Waals surface area contributed by atoms with E-state index in [9.17, 15) is 5.11 Å². The lowest BCUT2D eigenvalue weighted by Gasteiger charge is -2.34. The smallest absolute Gasteiger partial charge is 0.122 e. The molecule has 0 spiro atoms. The van der Waals surface area contributed by atoms with Crippen molar-refractivity contribution in [3.8, 4) is 5.75 Å². The number of hydrogen-bond donors (Lipinski definition) is 2. The summed E-state index contributed by atoms with van der Waals surface area (Å²) in [6.45, 7) is 13.5. The topological polar surface area (TPSA) is 46.2 Å². The van der Waals surface area contributed by atoms with Crippen LogP contribution in [0.1, 0.15) is 57.7 Å². The first kappa shape index (κ1) is 15.0. The quantitative estimate of drug-likeness (QED) is 0.854. The van der Waals surface area contributed by atoms with Gasteiger partial charge in [-0.3, -0.25) is 0 Å². The Morgan fingerprint density at radius 2 is 1.67 bits per heavy atom. The molecule has 3 N–H and O–H groups in total. The fraction of sp³-hybridized carbons (Fsp3) is 0.625. The van der Waals surface area contributed by atoms with Gasteiger partial charge in [-0.05, 0) is 35.3 Å². The molecular weight excluding hydrogens is 222 g/mol. The molecule has 0 radical (unpaired) electrons. The molecule has 102 valence electrons. The van der Waals surface area contributed by atoms with Gasteiger partial charge in [-0.25, -0.2) is 0 Å². The van der Waals surface area contributed by atoms with Gasteiger partial charge < -0.3 is 10.8 Å². The van der Waals surface area contributed by atoms with Crippen LogP contribution < -0.4 is 5.73 Å². The normalized spacial score (nSPS) is 12.8. The van der Waals surface area contributed by atoms with Gasteiger partial charge in [0.15, 0.2) is 0 Å². The summed E-state index contributed by atoms with van der Waals surface area (Å²) in [5.41, 5.74) is 8.90. The standard InChI is InChI=1S/C16H27NO/c1-11-7-12(9-17)8-13(14(11)18)16(5,6)10-15(2,3)4/h7-8,18H,9-10,17H2,1-6H3. The molecule has 0 atom stereocenters. The number of hydrogen-bond acceptors (Lipinski definition) is 2. The van der Waals surface area contributed by atoms with Gasteiger partial charge in [0.1, 0.15) is 5.75 Å². The fourth-order valence-corrected chi connectivity index (χ4v) is 2.91. The number of nitrogens with two attached hydrogens (primary N) is 1. The van der Waals surface area contributed by atoms with Gasteiger partial charge in [-0.1, -0.05) is 46.8 Å². The predicted octanol–water partition coefficient (Wildman–Crippen LogP) is 3.87. The zero-order valence-electron chi connectivity index (χ0n) is 12.6. The average Bonchev–Trinajstić information content (AvgIpc) is 2.17. The lowest BCUT2D eigenvalue weighted by atomic mass is 9.71. The summed E-state index contributed by atoms with van der Waals surface area (Å²) >= 11 is 0. The van der Waals surface area contributed by atoms with E-state index in [4.69, 9.17) is 5.73 Å². The van der Waals surface area contributed by atoms with Gasteiger partial charge in [-0.15, -0.1) is 0 Å². The maximum Gasteiger partial charge on any atom is 0.122 e. The molecule has 0 aliphatic carbocycles. The van der Waals surface area contributed by atoms with Crippen LogP contribution in [0.25, 0.3) is 0 Å². The highest BCUT2D eigenvalue weighted by atomic mass is 16.3. The molecule has 0 saturated carbocycles. The Morgan fingerprint density at radius 3 is 2.11 bits per heavy atom. The summed E-state index contributed by atoms with van der Waals surface area (Å²) in [7, 11) is 0. The molecule has 0 aromatic heterocycles. The molecule has 1 aromatic rings. The van der Waals surface area contributed by atoms with Gasteiger partial charge in [0.25, 0.3) is 0 Å². The van der Waals surface area contributed by atoms with Gasteiger partial charge in [0, 0.05) is 12.1 Å². The molecular formula is C16H27NO. The minimum atomic E-state index is -0.0573. The summed E-state index contributed by atoms with van der Waals surface area (Å²) in [6.07, 6.45) is 1.01. The lowest BCUT2D eigenvalue weighted by Crippen LogP contribution is -2.25. The molecule has 0 unspecified atom stereocenters. The van der Waals surface area contributed by atoms with Gasteiger partial charge in [-0.2, -0.15) is 0 Å². The van der Waals surface area contributed by atoms with E-state index in [1.807, 2.05) is 19.1 Å². The summed E-state index contributed by atoms with van der Waals surface area (Å²) in [6, 6.07) is 4.01. The van der Waals surface area contributed by atoms with Crippen molar-refractivity contribution in [1.82, 2.24) is 0 Å². The van der Waals surface area contributed by atoms with E-state index < -0.39 is 0 Å². The van der Waals surface area contributed by atoms with Crippen molar-refractivity contribution >= 4 is 0 Å². The van der Waals surface area contributed by atoms with Crippen LogP contribution in [0.3, 0.4) is 0 Å². The minimum Gasteiger partial charge on any atom is -0.507 e. The zero-order chi connectivity index (χ0) is 14.1. The molecule has 0 aliphatic rings. The SMILES string of the molecule is Cc1cc(CN)cc(C(C)(C)CC(C)(C)C)c1O. The van der Waals surface area contributed by atoms with E-state index >= 15 is 0 Å². The Hall–Kier alpha value is -1.02. The van der Waals surface area contributed by atoms with E-state index in [0.717, 1.165) is 23.1 Å². The molecule has 18 heavy (non-hydrogen) atoms. The Balaban J connectivity index is 3.26. The summed E-state index contributed by atoms with van der Waals surface area (Å²) in [5.74, 6) is 0.418. The molecule has 2 heteroatoms. The van der Waals surface area contributed by atoms with E-state index in [2.05, 4.69) is 34.6 Å². The summed E-state index contributed by atoms with van der Waals surface area (Å²) < 4.78 is 0. The van der Waals surface area contributed by atoms with E-state index in [0.29, 0.717) is 12.3 Å². The molecule has 0 amide bonds. The largest absolute Gasteiger partial charge is 0.507 e. The highest BCUT2D eigenvalue weighted by Crippen LogP contribution is 2.41. The number of phenols is 1. The molecule has 0 fully saturated rings. The molecule has 0 saturated heterocycles. The van der Waals surface area contributed by atoms with Crippen LogP contribution in [0.4, 0.5) is 0 Å². The maximum atomic E-state index is 10.3. The van der Waals surface area contributed by atoms with Crippen molar-refractivity contribution in [2.24, 2.45) is 11.1 Å². The maximum absolute atomic E-state index is 10.3. The van der Waals surface area contributed by atoms with Crippen LogP contribution in [-0.2, 0) is 12.0 Å². The van der Waals surface area contributed by atoms with Crippen molar-refractivity contribution in [2.75, 3.05) is 0 Å². The van der Waals surface area contributed by atoms with Crippen molar-refractivity contribution < 1.29 is 5.11 Å². The molecule has 0 aliphatic heterocycles. The molecule has 1 rings (SSSR count). The second kappa shape index (κ2) is 4.93. The van der Waals surface area contributed by atoms with Gasteiger partial charge in [0.2, 0.25) is 0 Å². The fourth-order valence-electron chi connectivity index (χ4n) is 2.91. The number of rotatable bonds is 3. The third-order valence-corrected chi connectivity index (χ3v) is 3.30. The van der Waals surface area contributed by atoms with Crippen LogP contribution in [0.5, 0.6) is 5.75 Å². The van der Waals surface area contributed by atoms with Crippen molar-refractivity contribution in [3.63, 3.8) is 0 Å². The van der Waals surface area contributed by atoms with E-state index in [1.165, 1.54) is 0 Å². The van der Waals surface area contributed by atoms with Crippen LogP contribution in [0.2, 0.25) is 0 Å². The monoisotopic (exact) mass is 249 g/mol.